The minimum Gasteiger partial charge on any atom is -0.497 e. The number of carbonyl (C=O) groups is 2. The predicted octanol–water partition coefficient (Wildman–Crippen LogP) is 4.09. The van der Waals surface area contributed by atoms with Gasteiger partial charge in [0.2, 0.25) is 5.91 Å². The summed E-state index contributed by atoms with van der Waals surface area (Å²) in [4.78, 5) is 31.0. The number of fused-ring (bicyclic) bond motifs is 1. The standard InChI is InChI=1S/C23H23N3O5S/c1-29-15-7-4-13(5-8-15)21(27)26-23-25-20-16(9-11-19(20)32-23)22(28)24-14-6-10-17(30-2)18(12-14)31-3/h4-8,10,12,16H,9,11H2,1-3H3,(H,24,28)(H,25,26,27). The molecule has 3 aromatic rings. The van der Waals surface area contributed by atoms with Gasteiger partial charge in [-0.3, -0.25) is 14.9 Å². The zero-order valence-corrected chi connectivity index (χ0v) is 18.7. The Morgan fingerprint density at radius 3 is 2.41 bits per heavy atom. The topological polar surface area (TPSA) is 98.8 Å². The fourth-order valence-electron chi connectivity index (χ4n) is 3.59. The van der Waals surface area contributed by atoms with E-state index < -0.39 is 0 Å². The number of anilines is 2. The van der Waals surface area contributed by atoms with Crippen LogP contribution < -0.4 is 24.8 Å². The molecule has 0 saturated carbocycles. The van der Waals surface area contributed by atoms with Crippen molar-refractivity contribution < 1.29 is 23.8 Å². The van der Waals surface area contributed by atoms with Crippen molar-refractivity contribution in [2.45, 2.75) is 18.8 Å². The molecule has 9 heteroatoms. The first-order valence-corrected chi connectivity index (χ1v) is 10.8. The number of nitrogens with zero attached hydrogens (tertiary/aromatic N) is 1. The second kappa shape index (κ2) is 9.27. The van der Waals surface area contributed by atoms with E-state index in [1.807, 2.05) is 0 Å². The van der Waals surface area contributed by atoms with Crippen molar-refractivity contribution in [3.05, 3.63) is 58.6 Å². The number of aryl methyl sites for hydroxylation is 1. The van der Waals surface area contributed by atoms with E-state index in [0.717, 1.165) is 17.0 Å². The van der Waals surface area contributed by atoms with Gasteiger partial charge in [-0.2, -0.15) is 0 Å². The number of aromatic nitrogens is 1. The molecule has 0 spiro atoms. The second-order valence-electron chi connectivity index (χ2n) is 7.16. The lowest BCUT2D eigenvalue weighted by Crippen LogP contribution is -2.20. The smallest absolute Gasteiger partial charge is 0.257 e. The number of methoxy groups -OCH3 is 3. The van der Waals surface area contributed by atoms with Crippen molar-refractivity contribution in [1.82, 2.24) is 4.98 Å². The Kier molecular flexibility index (Phi) is 6.27. The van der Waals surface area contributed by atoms with Gasteiger partial charge >= 0.3 is 0 Å². The molecule has 0 saturated heterocycles. The van der Waals surface area contributed by atoms with E-state index in [0.29, 0.717) is 40.1 Å². The molecule has 1 unspecified atom stereocenters. The molecule has 0 fully saturated rings. The highest BCUT2D eigenvalue weighted by atomic mass is 32.1. The fraction of sp³-hybridized carbons (Fsp3) is 0.261. The van der Waals surface area contributed by atoms with Gasteiger partial charge in [-0.15, -0.1) is 11.3 Å². The molecule has 1 aliphatic rings. The Labute approximate surface area is 189 Å². The Morgan fingerprint density at radius 1 is 0.969 bits per heavy atom. The van der Waals surface area contributed by atoms with Gasteiger partial charge in [-0.1, -0.05) is 0 Å². The minimum absolute atomic E-state index is 0.144. The summed E-state index contributed by atoms with van der Waals surface area (Å²) in [6, 6.07) is 12.1. The summed E-state index contributed by atoms with van der Waals surface area (Å²) in [7, 11) is 4.68. The summed E-state index contributed by atoms with van der Waals surface area (Å²) < 4.78 is 15.6. The monoisotopic (exact) mass is 453 g/mol. The number of thiazole rings is 1. The van der Waals surface area contributed by atoms with Crippen LogP contribution in [-0.4, -0.2) is 38.1 Å². The lowest BCUT2D eigenvalue weighted by Gasteiger charge is -2.13. The average molecular weight is 454 g/mol. The summed E-state index contributed by atoms with van der Waals surface area (Å²) in [6.07, 6.45) is 1.43. The van der Waals surface area contributed by atoms with E-state index in [9.17, 15) is 9.59 Å². The number of amides is 2. The van der Waals surface area contributed by atoms with Crippen molar-refractivity contribution in [2.75, 3.05) is 32.0 Å². The first kappa shape index (κ1) is 21.6. The third-order valence-corrected chi connectivity index (χ3v) is 6.30. The Morgan fingerprint density at radius 2 is 1.72 bits per heavy atom. The summed E-state index contributed by atoms with van der Waals surface area (Å²) in [5, 5.41) is 6.24. The van der Waals surface area contributed by atoms with Gasteiger partial charge < -0.3 is 19.5 Å². The molecule has 0 radical (unpaired) electrons. The number of benzene rings is 2. The molecule has 2 N–H and O–H groups in total. The van der Waals surface area contributed by atoms with Crippen LogP contribution in [0.3, 0.4) is 0 Å². The van der Waals surface area contributed by atoms with Crippen molar-refractivity contribution in [2.24, 2.45) is 0 Å². The van der Waals surface area contributed by atoms with E-state index >= 15 is 0 Å². The number of hydrogen-bond donors (Lipinski definition) is 2. The molecule has 1 atom stereocenters. The van der Waals surface area contributed by atoms with Crippen LogP contribution in [0.15, 0.2) is 42.5 Å². The van der Waals surface area contributed by atoms with Crippen LogP contribution in [0.25, 0.3) is 0 Å². The average Bonchev–Trinajstić information content (AvgIpc) is 3.39. The van der Waals surface area contributed by atoms with E-state index in [2.05, 4.69) is 15.6 Å². The van der Waals surface area contributed by atoms with Gasteiger partial charge in [0.25, 0.3) is 5.91 Å². The Hall–Kier alpha value is -3.59. The van der Waals surface area contributed by atoms with Crippen LogP contribution in [0, 0.1) is 0 Å². The van der Waals surface area contributed by atoms with E-state index in [1.54, 1.807) is 63.8 Å². The first-order valence-electron chi connectivity index (χ1n) is 10.00. The number of hydrogen-bond acceptors (Lipinski definition) is 7. The molecule has 2 amide bonds. The molecule has 0 aliphatic heterocycles. The third kappa shape index (κ3) is 4.38. The van der Waals surface area contributed by atoms with Crippen LogP contribution in [-0.2, 0) is 11.2 Å². The van der Waals surface area contributed by atoms with Gasteiger partial charge in [-0.05, 0) is 49.2 Å². The molecule has 1 aromatic heterocycles. The van der Waals surface area contributed by atoms with Crippen molar-refractivity contribution in [3.8, 4) is 17.2 Å². The fourth-order valence-corrected chi connectivity index (χ4v) is 4.62. The summed E-state index contributed by atoms with van der Waals surface area (Å²) in [6.45, 7) is 0. The van der Waals surface area contributed by atoms with Gasteiger partial charge in [0.1, 0.15) is 5.75 Å². The largest absolute Gasteiger partial charge is 0.497 e. The molecule has 166 valence electrons. The third-order valence-electron chi connectivity index (χ3n) is 5.26. The van der Waals surface area contributed by atoms with Crippen molar-refractivity contribution in [1.29, 1.82) is 0 Å². The van der Waals surface area contributed by atoms with Gasteiger partial charge in [0.05, 0.1) is 32.9 Å². The zero-order chi connectivity index (χ0) is 22.7. The molecule has 32 heavy (non-hydrogen) atoms. The number of carbonyl (C=O) groups excluding carboxylic acids is 2. The van der Waals surface area contributed by atoms with Gasteiger partial charge in [0.15, 0.2) is 16.6 Å². The van der Waals surface area contributed by atoms with Gasteiger partial charge in [0, 0.05) is 22.2 Å². The summed E-state index contributed by atoms with van der Waals surface area (Å²) >= 11 is 1.41. The molecular weight excluding hydrogens is 430 g/mol. The predicted molar refractivity (Wildman–Crippen MR) is 122 cm³/mol. The molecule has 4 rings (SSSR count). The molecular formula is C23H23N3O5S. The highest BCUT2D eigenvalue weighted by Crippen LogP contribution is 2.39. The highest BCUT2D eigenvalue weighted by Gasteiger charge is 2.33. The van der Waals surface area contributed by atoms with Gasteiger partial charge in [-0.25, -0.2) is 4.98 Å². The van der Waals surface area contributed by atoms with Crippen LogP contribution in [0.5, 0.6) is 17.2 Å². The molecule has 1 heterocycles. The lowest BCUT2D eigenvalue weighted by atomic mass is 10.1. The maximum atomic E-state index is 12.9. The quantitative estimate of drug-likeness (QED) is 0.559. The Bertz CT molecular complexity index is 1140. The molecule has 1 aliphatic carbocycles. The second-order valence-corrected chi connectivity index (χ2v) is 8.24. The van der Waals surface area contributed by atoms with Crippen molar-refractivity contribution >= 4 is 34.0 Å². The van der Waals surface area contributed by atoms with Crippen LogP contribution in [0.2, 0.25) is 0 Å². The van der Waals surface area contributed by atoms with E-state index in [1.165, 1.54) is 11.3 Å². The van der Waals surface area contributed by atoms with E-state index in [-0.39, 0.29) is 17.7 Å². The zero-order valence-electron chi connectivity index (χ0n) is 17.9. The molecule has 0 bridgehead atoms. The number of ether oxygens (including phenoxy) is 3. The van der Waals surface area contributed by atoms with Crippen molar-refractivity contribution in [3.63, 3.8) is 0 Å². The van der Waals surface area contributed by atoms with Crippen LogP contribution in [0.1, 0.15) is 33.3 Å². The molecule has 2 aromatic carbocycles. The van der Waals surface area contributed by atoms with Crippen LogP contribution >= 0.6 is 11.3 Å². The summed E-state index contributed by atoms with van der Waals surface area (Å²) in [5.74, 6) is 1.03. The highest BCUT2D eigenvalue weighted by molar-refractivity contribution is 7.16. The number of rotatable bonds is 7. The normalized spacial score (nSPS) is 14.4. The summed E-state index contributed by atoms with van der Waals surface area (Å²) in [5.41, 5.74) is 1.84. The van der Waals surface area contributed by atoms with E-state index in [4.69, 9.17) is 14.2 Å². The lowest BCUT2D eigenvalue weighted by molar-refractivity contribution is -0.117. The first-order chi connectivity index (χ1) is 15.5. The maximum absolute atomic E-state index is 12.9. The maximum Gasteiger partial charge on any atom is 0.257 e. The Balaban J connectivity index is 1.45. The minimum atomic E-state index is -0.374. The SMILES string of the molecule is COc1ccc(C(=O)Nc2nc3c(s2)CCC3C(=O)Nc2ccc(OC)c(OC)c2)cc1. The molecule has 8 nitrogen and oxygen atoms in total. The number of nitrogens with one attached hydrogen (secondary N) is 2. The van der Waals surface area contributed by atoms with Crippen LogP contribution in [0.4, 0.5) is 10.8 Å².